The van der Waals surface area contributed by atoms with Gasteiger partial charge in [0.05, 0.1) is 0 Å². The summed E-state index contributed by atoms with van der Waals surface area (Å²) in [5.74, 6) is 4.36. The van der Waals surface area contributed by atoms with Crippen LogP contribution < -0.4 is 5.32 Å². The van der Waals surface area contributed by atoms with Crippen molar-refractivity contribution in [2.75, 3.05) is 20.6 Å². The molecule has 3 fully saturated rings. The van der Waals surface area contributed by atoms with E-state index < -0.39 is 0 Å². The fourth-order valence-electron chi connectivity index (χ4n) is 5.05. The molecule has 0 radical (unpaired) electrons. The molecule has 0 heterocycles. The fraction of sp³-hybridized carbons (Fsp3) is 0.938. The van der Waals surface area contributed by atoms with Gasteiger partial charge in [-0.15, -0.1) is 0 Å². The molecule has 0 spiro atoms. The Morgan fingerprint density at radius 2 is 1.95 bits per heavy atom. The van der Waals surface area contributed by atoms with Crippen molar-refractivity contribution >= 4 is 5.91 Å². The third-order valence-electron chi connectivity index (χ3n) is 5.90. The van der Waals surface area contributed by atoms with Crippen LogP contribution in [-0.4, -0.2) is 37.5 Å². The van der Waals surface area contributed by atoms with Crippen molar-refractivity contribution in [3.8, 4) is 0 Å². The highest BCUT2D eigenvalue weighted by Gasteiger charge is 2.53. The maximum atomic E-state index is 11.5. The average Bonchev–Trinajstić information content (AvgIpc) is 3.05. The Labute approximate surface area is 117 Å². The molecule has 3 rings (SSSR count). The predicted molar refractivity (Wildman–Crippen MR) is 76.8 cm³/mol. The lowest BCUT2D eigenvalue weighted by Crippen LogP contribution is -2.40. The normalized spacial score (nSPS) is 39.6. The van der Waals surface area contributed by atoms with E-state index in [1.54, 1.807) is 4.90 Å². The van der Waals surface area contributed by atoms with Crippen molar-refractivity contribution < 1.29 is 4.79 Å². The van der Waals surface area contributed by atoms with Crippen LogP contribution in [0, 0.1) is 23.7 Å². The van der Waals surface area contributed by atoms with Gasteiger partial charge in [0.2, 0.25) is 5.91 Å². The minimum atomic E-state index is 0.255. The summed E-state index contributed by atoms with van der Waals surface area (Å²) in [4.78, 5) is 13.2. The number of nitrogens with zero attached hydrogens (tertiary/aromatic N) is 1. The van der Waals surface area contributed by atoms with Gasteiger partial charge in [-0.25, -0.2) is 0 Å². The Morgan fingerprint density at radius 1 is 1.16 bits per heavy atom. The van der Waals surface area contributed by atoms with E-state index in [4.69, 9.17) is 0 Å². The molecule has 0 aromatic rings. The standard InChI is InChI=1S/C16H28N2O/c1-18(2)16(19)7-4-8-17-15-10-11-9-14(15)13-6-3-5-12(11)13/h11-15,17H,3-10H2,1-2H3/t11-,12-,13-,14+,15-/m1/s1. The SMILES string of the molecule is CN(C)C(=O)CCCN[C@@H]1C[C@H]2C[C@H]1[C@@H]1CCC[C@H]21. The van der Waals surface area contributed by atoms with E-state index >= 15 is 0 Å². The van der Waals surface area contributed by atoms with Crippen LogP contribution in [0.15, 0.2) is 0 Å². The lowest BCUT2D eigenvalue weighted by molar-refractivity contribution is -0.128. The minimum Gasteiger partial charge on any atom is -0.349 e. The van der Waals surface area contributed by atoms with Crippen molar-refractivity contribution in [1.29, 1.82) is 0 Å². The van der Waals surface area contributed by atoms with Gasteiger partial charge in [0.1, 0.15) is 0 Å². The second-order valence-corrected chi connectivity index (χ2v) is 7.11. The molecule has 3 nitrogen and oxygen atoms in total. The molecule has 3 saturated carbocycles. The average molecular weight is 264 g/mol. The van der Waals surface area contributed by atoms with E-state index in [1.165, 1.54) is 32.1 Å². The number of amides is 1. The molecular weight excluding hydrogens is 236 g/mol. The van der Waals surface area contributed by atoms with Gasteiger partial charge < -0.3 is 10.2 Å². The van der Waals surface area contributed by atoms with E-state index in [0.717, 1.165) is 42.7 Å². The van der Waals surface area contributed by atoms with Crippen LogP contribution in [0.25, 0.3) is 0 Å². The van der Waals surface area contributed by atoms with Crippen molar-refractivity contribution in [2.24, 2.45) is 23.7 Å². The van der Waals surface area contributed by atoms with Gasteiger partial charge in [0.25, 0.3) is 0 Å². The molecule has 108 valence electrons. The molecule has 1 N–H and O–H groups in total. The Kier molecular flexibility index (Phi) is 3.84. The lowest BCUT2D eigenvalue weighted by atomic mass is 9.79. The monoisotopic (exact) mass is 264 g/mol. The van der Waals surface area contributed by atoms with Gasteiger partial charge in [0, 0.05) is 26.6 Å². The second-order valence-electron chi connectivity index (χ2n) is 7.11. The molecule has 5 atom stereocenters. The Bertz CT molecular complexity index is 342. The molecule has 0 aromatic heterocycles. The maximum absolute atomic E-state index is 11.5. The van der Waals surface area contributed by atoms with Crippen LogP contribution in [0.1, 0.15) is 44.9 Å². The molecule has 3 aliphatic rings. The highest BCUT2D eigenvalue weighted by atomic mass is 16.2. The summed E-state index contributed by atoms with van der Waals surface area (Å²) in [5.41, 5.74) is 0. The van der Waals surface area contributed by atoms with Crippen molar-refractivity contribution in [3.05, 3.63) is 0 Å². The maximum Gasteiger partial charge on any atom is 0.222 e. The zero-order valence-corrected chi connectivity index (χ0v) is 12.4. The summed E-state index contributed by atoms with van der Waals surface area (Å²) in [7, 11) is 3.68. The predicted octanol–water partition coefficient (Wildman–Crippen LogP) is 2.27. The Balaban J connectivity index is 1.39. The van der Waals surface area contributed by atoms with Gasteiger partial charge >= 0.3 is 0 Å². The highest BCUT2D eigenvalue weighted by Crippen LogP contribution is 2.58. The summed E-state index contributed by atoms with van der Waals surface area (Å²) in [6.45, 7) is 1.02. The lowest BCUT2D eigenvalue weighted by Gasteiger charge is -2.32. The van der Waals surface area contributed by atoms with Gasteiger partial charge in [-0.1, -0.05) is 6.42 Å². The molecule has 3 aliphatic carbocycles. The van der Waals surface area contributed by atoms with E-state index in [9.17, 15) is 4.79 Å². The zero-order valence-electron chi connectivity index (χ0n) is 12.4. The van der Waals surface area contributed by atoms with Gasteiger partial charge in [-0.3, -0.25) is 4.79 Å². The summed E-state index contributed by atoms with van der Waals surface area (Å²) < 4.78 is 0. The zero-order chi connectivity index (χ0) is 13.4. The van der Waals surface area contributed by atoms with Crippen LogP contribution >= 0.6 is 0 Å². The number of carbonyl (C=O) groups is 1. The highest BCUT2D eigenvalue weighted by molar-refractivity contribution is 5.75. The van der Waals surface area contributed by atoms with Crippen LogP contribution in [-0.2, 0) is 4.79 Å². The molecule has 19 heavy (non-hydrogen) atoms. The first-order valence-electron chi connectivity index (χ1n) is 8.10. The van der Waals surface area contributed by atoms with Crippen LogP contribution in [0.2, 0.25) is 0 Å². The van der Waals surface area contributed by atoms with Gasteiger partial charge in [0.15, 0.2) is 0 Å². The summed E-state index contributed by atoms with van der Waals surface area (Å²) in [6, 6.07) is 0.763. The number of hydrogen-bond acceptors (Lipinski definition) is 2. The molecule has 0 saturated heterocycles. The number of nitrogens with one attached hydrogen (secondary N) is 1. The number of rotatable bonds is 5. The Morgan fingerprint density at radius 3 is 2.74 bits per heavy atom. The largest absolute Gasteiger partial charge is 0.349 e. The molecule has 3 heteroatoms. The van der Waals surface area contributed by atoms with Crippen LogP contribution in [0.3, 0.4) is 0 Å². The van der Waals surface area contributed by atoms with Crippen LogP contribution in [0.5, 0.6) is 0 Å². The van der Waals surface area contributed by atoms with E-state index in [-0.39, 0.29) is 5.91 Å². The molecule has 0 aromatic carbocycles. The summed E-state index contributed by atoms with van der Waals surface area (Å²) >= 11 is 0. The summed E-state index contributed by atoms with van der Waals surface area (Å²) in [6.07, 6.45) is 9.05. The number of hydrogen-bond donors (Lipinski definition) is 1. The fourth-order valence-corrected chi connectivity index (χ4v) is 5.05. The molecule has 1 amide bonds. The Hall–Kier alpha value is -0.570. The first-order chi connectivity index (χ1) is 9.16. The quantitative estimate of drug-likeness (QED) is 0.773. The molecule has 0 unspecified atom stereocenters. The van der Waals surface area contributed by atoms with Gasteiger partial charge in [-0.2, -0.15) is 0 Å². The number of fused-ring (bicyclic) bond motifs is 5. The van der Waals surface area contributed by atoms with Crippen LogP contribution in [0.4, 0.5) is 0 Å². The van der Waals surface area contributed by atoms with Crippen molar-refractivity contribution in [3.63, 3.8) is 0 Å². The topological polar surface area (TPSA) is 32.3 Å². The smallest absolute Gasteiger partial charge is 0.222 e. The van der Waals surface area contributed by atoms with Crippen molar-refractivity contribution in [1.82, 2.24) is 10.2 Å². The first-order valence-corrected chi connectivity index (χ1v) is 8.10. The number of carbonyl (C=O) groups excluding carboxylic acids is 1. The second kappa shape index (κ2) is 5.43. The third kappa shape index (κ3) is 2.54. The molecular formula is C16H28N2O. The molecule has 0 aliphatic heterocycles. The first kappa shape index (κ1) is 13.4. The minimum absolute atomic E-state index is 0.255. The molecule has 2 bridgehead atoms. The third-order valence-corrected chi connectivity index (χ3v) is 5.90. The van der Waals surface area contributed by atoms with E-state index in [2.05, 4.69) is 5.32 Å². The van der Waals surface area contributed by atoms with E-state index in [0.29, 0.717) is 6.42 Å². The van der Waals surface area contributed by atoms with Gasteiger partial charge in [-0.05, 0) is 62.3 Å². The van der Waals surface area contributed by atoms with E-state index in [1.807, 2.05) is 14.1 Å². The summed E-state index contributed by atoms with van der Waals surface area (Å²) in [5, 5.41) is 3.75. The van der Waals surface area contributed by atoms with Crippen molar-refractivity contribution in [2.45, 2.75) is 51.0 Å².